The summed E-state index contributed by atoms with van der Waals surface area (Å²) in [5.74, 6) is 0.159. The van der Waals surface area contributed by atoms with Crippen LogP contribution in [0.4, 0.5) is 0 Å². The summed E-state index contributed by atoms with van der Waals surface area (Å²) in [6.07, 6.45) is 4.70. The molecule has 0 aliphatic heterocycles. The number of unbranched alkanes of at least 4 members (excludes halogenated alkanes) is 1. The molecule has 0 saturated heterocycles. The number of hydrogen-bond acceptors (Lipinski definition) is 5. The quantitative estimate of drug-likeness (QED) is 0.285. The molecule has 1 aromatic heterocycles. The van der Waals surface area contributed by atoms with Gasteiger partial charge in [-0.15, -0.1) is 0 Å². The Morgan fingerprint density at radius 3 is 2.54 bits per heavy atom. The molecule has 28 heavy (non-hydrogen) atoms. The first kappa shape index (κ1) is 22.7. The molecule has 2 rings (SSSR count). The highest BCUT2D eigenvalue weighted by Crippen LogP contribution is 2.27. The van der Waals surface area contributed by atoms with Gasteiger partial charge in [0.1, 0.15) is 0 Å². The van der Waals surface area contributed by atoms with Crippen molar-refractivity contribution in [2.24, 2.45) is 12.8 Å². The fourth-order valence-corrected chi connectivity index (χ4v) is 3.57. The van der Waals surface area contributed by atoms with Gasteiger partial charge < -0.3 is 24.6 Å². The molecule has 0 radical (unpaired) electrons. The molecule has 4 N–H and O–H groups in total. The molecular weight excluding hydrogens is 375 g/mol. The second-order valence-corrected chi connectivity index (χ2v) is 8.33. The Kier molecular flexibility index (Phi) is 8.80. The lowest BCUT2D eigenvalue weighted by molar-refractivity contribution is 0.0971. The summed E-state index contributed by atoms with van der Waals surface area (Å²) >= 11 is 0. The second-order valence-electron chi connectivity index (χ2n) is 7.57. The molecule has 1 heterocycles. The number of hydrogen-bond donors (Lipinski definition) is 3. The van der Waals surface area contributed by atoms with Gasteiger partial charge in [-0.2, -0.15) is 0 Å². The fraction of sp³-hybridized carbons (Fsp3) is 0.476. The van der Waals surface area contributed by atoms with Gasteiger partial charge >= 0.3 is 8.60 Å². The standard InChI is InChI=1S/C21H31N2O4P/c1-21(22,16-27-28(25)26)15-14-18-12-13-19(23(18)2)20(24)11-7-6-10-17-8-4-3-5-9-17/h3-5,8-9,12-13,25-26H,6-7,10-11,14-16,22H2,1-2H3/t21-/m1/s1. The van der Waals surface area contributed by atoms with Gasteiger partial charge in [0.25, 0.3) is 0 Å². The van der Waals surface area contributed by atoms with Crippen LogP contribution in [0.2, 0.25) is 0 Å². The van der Waals surface area contributed by atoms with Crippen molar-refractivity contribution in [3.63, 3.8) is 0 Å². The monoisotopic (exact) mass is 406 g/mol. The number of aromatic nitrogens is 1. The number of carbonyl (C=O) groups is 1. The molecule has 0 fully saturated rings. The molecule has 0 spiro atoms. The Labute approximate surface area is 168 Å². The predicted molar refractivity (Wildman–Crippen MR) is 112 cm³/mol. The summed E-state index contributed by atoms with van der Waals surface area (Å²) in [7, 11) is -0.493. The third-order valence-corrected chi connectivity index (χ3v) is 5.30. The molecule has 0 amide bonds. The van der Waals surface area contributed by atoms with Gasteiger partial charge in [0.2, 0.25) is 0 Å². The Morgan fingerprint density at radius 2 is 1.86 bits per heavy atom. The summed E-state index contributed by atoms with van der Waals surface area (Å²) in [5, 5.41) is 0. The maximum absolute atomic E-state index is 12.5. The van der Waals surface area contributed by atoms with E-state index in [-0.39, 0.29) is 12.4 Å². The number of rotatable bonds is 12. The largest absolute Gasteiger partial charge is 0.345 e. The Bertz CT molecular complexity index is 744. The van der Waals surface area contributed by atoms with E-state index in [1.165, 1.54) is 5.56 Å². The first-order chi connectivity index (χ1) is 13.3. The highest BCUT2D eigenvalue weighted by molar-refractivity contribution is 7.39. The van der Waals surface area contributed by atoms with E-state index in [0.717, 1.165) is 30.7 Å². The van der Waals surface area contributed by atoms with Crippen molar-refractivity contribution in [3.8, 4) is 0 Å². The van der Waals surface area contributed by atoms with E-state index in [1.54, 1.807) is 0 Å². The summed E-state index contributed by atoms with van der Waals surface area (Å²) in [6.45, 7) is 1.89. The van der Waals surface area contributed by atoms with Gasteiger partial charge in [-0.3, -0.25) is 4.79 Å². The van der Waals surface area contributed by atoms with Crippen LogP contribution in [-0.4, -0.2) is 32.3 Å². The van der Waals surface area contributed by atoms with Gasteiger partial charge in [0, 0.05) is 24.7 Å². The summed E-state index contributed by atoms with van der Waals surface area (Å²) in [4.78, 5) is 30.3. The lowest BCUT2D eigenvalue weighted by Gasteiger charge is -2.24. The van der Waals surface area contributed by atoms with Gasteiger partial charge in [-0.1, -0.05) is 30.3 Å². The molecule has 0 aliphatic carbocycles. The van der Waals surface area contributed by atoms with E-state index < -0.39 is 14.1 Å². The minimum absolute atomic E-state index is 0.0727. The van der Waals surface area contributed by atoms with Gasteiger partial charge in [-0.05, 0) is 56.7 Å². The molecule has 0 saturated carbocycles. The molecule has 0 bridgehead atoms. The Balaban J connectivity index is 1.80. The van der Waals surface area contributed by atoms with Crippen molar-refractivity contribution < 1.29 is 19.1 Å². The van der Waals surface area contributed by atoms with Crippen molar-refractivity contribution in [1.82, 2.24) is 4.57 Å². The molecule has 1 aromatic carbocycles. The van der Waals surface area contributed by atoms with Crippen molar-refractivity contribution in [2.75, 3.05) is 6.61 Å². The lowest BCUT2D eigenvalue weighted by atomic mass is 9.97. The smallest absolute Gasteiger partial charge is 0.327 e. The average molecular weight is 406 g/mol. The number of nitrogens with zero attached hydrogens (tertiary/aromatic N) is 1. The number of ketones is 1. The molecule has 0 aliphatic rings. The van der Waals surface area contributed by atoms with Crippen LogP contribution in [-0.2, 0) is 24.4 Å². The predicted octanol–water partition coefficient (Wildman–Crippen LogP) is 3.50. The molecular formula is C21H31N2O4P. The van der Waals surface area contributed by atoms with Gasteiger partial charge in [0.05, 0.1) is 12.3 Å². The van der Waals surface area contributed by atoms with Crippen LogP contribution < -0.4 is 5.73 Å². The average Bonchev–Trinajstić information content (AvgIpc) is 3.03. The molecule has 1 atom stereocenters. The topological polar surface area (TPSA) is 97.7 Å². The molecule has 6 nitrogen and oxygen atoms in total. The third kappa shape index (κ3) is 7.46. The summed E-state index contributed by atoms with van der Waals surface area (Å²) in [6, 6.07) is 14.2. The highest BCUT2D eigenvalue weighted by Gasteiger charge is 2.22. The maximum atomic E-state index is 12.5. The van der Waals surface area contributed by atoms with Crippen LogP contribution in [0.15, 0.2) is 42.5 Å². The second kappa shape index (κ2) is 10.8. The maximum Gasteiger partial charge on any atom is 0.327 e. The minimum Gasteiger partial charge on any atom is -0.345 e. The molecule has 7 heteroatoms. The number of benzene rings is 1. The van der Waals surface area contributed by atoms with Crippen LogP contribution in [0.1, 0.15) is 54.4 Å². The fourth-order valence-electron chi connectivity index (χ4n) is 3.16. The van der Waals surface area contributed by atoms with Crippen LogP contribution >= 0.6 is 8.60 Å². The van der Waals surface area contributed by atoms with E-state index >= 15 is 0 Å². The first-order valence-corrected chi connectivity index (χ1v) is 10.8. The van der Waals surface area contributed by atoms with E-state index in [0.29, 0.717) is 19.3 Å². The van der Waals surface area contributed by atoms with Crippen LogP contribution in [0.25, 0.3) is 0 Å². The van der Waals surface area contributed by atoms with Gasteiger partial charge in [0.15, 0.2) is 5.78 Å². The van der Waals surface area contributed by atoms with Gasteiger partial charge in [-0.25, -0.2) is 0 Å². The summed E-state index contributed by atoms with van der Waals surface area (Å²) in [5.41, 5.74) is 8.53. The van der Waals surface area contributed by atoms with Crippen molar-refractivity contribution >= 4 is 14.4 Å². The Hall–Kier alpha value is -1.56. The van der Waals surface area contributed by atoms with E-state index in [4.69, 9.17) is 20.0 Å². The van der Waals surface area contributed by atoms with Crippen molar-refractivity contribution in [1.29, 1.82) is 0 Å². The number of carbonyl (C=O) groups excluding carboxylic acids is 1. The molecule has 0 unspecified atom stereocenters. The van der Waals surface area contributed by atoms with Crippen molar-refractivity contribution in [2.45, 2.75) is 51.0 Å². The zero-order valence-corrected chi connectivity index (χ0v) is 17.6. The van der Waals surface area contributed by atoms with Crippen LogP contribution in [0.5, 0.6) is 0 Å². The van der Waals surface area contributed by atoms with E-state index in [9.17, 15) is 4.79 Å². The minimum atomic E-state index is -2.39. The van der Waals surface area contributed by atoms with Crippen LogP contribution in [0, 0.1) is 0 Å². The number of Topliss-reactive ketones (excluding diaryl/α,β-unsaturated/α-hetero) is 1. The normalized spacial score (nSPS) is 13.6. The SMILES string of the molecule is Cn1c(CC[C@@](C)(N)COP(O)O)ccc1C(=O)CCCCc1ccccc1. The lowest BCUT2D eigenvalue weighted by Crippen LogP contribution is -2.41. The van der Waals surface area contributed by atoms with E-state index in [1.807, 2.05) is 48.9 Å². The number of aryl methyl sites for hydroxylation is 2. The number of nitrogens with two attached hydrogens (primary N) is 1. The Morgan fingerprint density at radius 1 is 1.14 bits per heavy atom. The van der Waals surface area contributed by atoms with E-state index in [2.05, 4.69) is 12.1 Å². The van der Waals surface area contributed by atoms with Crippen LogP contribution in [0.3, 0.4) is 0 Å². The van der Waals surface area contributed by atoms with Crippen molar-refractivity contribution in [3.05, 3.63) is 59.4 Å². The molecule has 2 aromatic rings. The zero-order valence-electron chi connectivity index (χ0n) is 16.7. The highest BCUT2D eigenvalue weighted by atomic mass is 31.2. The zero-order chi connectivity index (χ0) is 20.6. The first-order valence-electron chi connectivity index (χ1n) is 9.60. The third-order valence-electron chi connectivity index (χ3n) is 4.94. The molecule has 154 valence electrons. The summed E-state index contributed by atoms with van der Waals surface area (Å²) < 4.78 is 6.78.